The zero-order valence-corrected chi connectivity index (χ0v) is 10.6. The summed E-state index contributed by atoms with van der Waals surface area (Å²) in [6.07, 6.45) is 3.28. The van der Waals surface area contributed by atoms with Crippen LogP contribution in [0.15, 0.2) is 0 Å². The second-order valence-electron chi connectivity index (χ2n) is 3.95. The Morgan fingerprint density at radius 2 is 1.36 bits per heavy atom. The van der Waals surface area contributed by atoms with E-state index in [1.165, 1.54) is 0 Å². The first-order chi connectivity index (χ1) is 6.62. The Bertz CT molecular complexity index is 137. The van der Waals surface area contributed by atoms with Gasteiger partial charge in [-0.3, -0.25) is 0 Å². The second-order valence-corrected chi connectivity index (χ2v) is 3.95. The summed E-state index contributed by atoms with van der Waals surface area (Å²) in [6, 6.07) is 0. The zero-order valence-electron chi connectivity index (χ0n) is 10.6. The highest BCUT2D eigenvalue weighted by atomic mass is 16.7. The summed E-state index contributed by atoms with van der Waals surface area (Å²) in [4.78, 5) is 0. The Hall–Kier alpha value is -0.0800. The first-order valence-electron chi connectivity index (χ1n) is 5.73. The average molecular weight is 202 g/mol. The van der Waals surface area contributed by atoms with Crippen LogP contribution in [0.1, 0.15) is 47.0 Å². The molecule has 0 rings (SSSR count). The molecule has 86 valence electrons. The van der Waals surface area contributed by atoms with Crippen molar-refractivity contribution in [2.45, 2.75) is 52.7 Å². The predicted octanol–water partition coefficient (Wildman–Crippen LogP) is 3.46. The number of hydrogen-bond acceptors (Lipinski definition) is 2. The maximum Gasteiger partial charge on any atom is 0.172 e. The lowest BCUT2D eigenvalue weighted by molar-refractivity contribution is -0.270. The van der Waals surface area contributed by atoms with E-state index < -0.39 is 5.79 Å². The fourth-order valence-electron chi connectivity index (χ4n) is 2.36. The summed E-state index contributed by atoms with van der Waals surface area (Å²) in [5.74, 6) is 0.521. The molecule has 0 heterocycles. The highest BCUT2D eigenvalue weighted by Crippen LogP contribution is 2.36. The Kier molecular flexibility index (Phi) is 6.38. The average Bonchev–Trinajstić information content (AvgIpc) is 2.25. The number of methoxy groups -OCH3 is 2. The van der Waals surface area contributed by atoms with Gasteiger partial charge in [-0.1, -0.05) is 27.7 Å². The van der Waals surface area contributed by atoms with Gasteiger partial charge in [-0.15, -0.1) is 0 Å². The van der Waals surface area contributed by atoms with Gasteiger partial charge < -0.3 is 9.47 Å². The molecule has 0 saturated carbocycles. The summed E-state index contributed by atoms with van der Waals surface area (Å²) in [6.45, 7) is 8.78. The van der Waals surface area contributed by atoms with Crippen LogP contribution >= 0.6 is 0 Å². The van der Waals surface area contributed by atoms with Crippen LogP contribution in [0.2, 0.25) is 0 Å². The van der Waals surface area contributed by atoms with Gasteiger partial charge in [0.2, 0.25) is 0 Å². The lowest BCUT2D eigenvalue weighted by Gasteiger charge is -2.42. The van der Waals surface area contributed by atoms with E-state index in [-0.39, 0.29) is 0 Å². The van der Waals surface area contributed by atoms with E-state index >= 15 is 0 Å². The van der Waals surface area contributed by atoms with Crippen molar-refractivity contribution in [2.24, 2.45) is 11.8 Å². The van der Waals surface area contributed by atoms with Gasteiger partial charge in [0.05, 0.1) is 0 Å². The highest BCUT2D eigenvalue weighted by Gasteiger charge is 2.41. The third kappa shape index (κ3) is 2.48. The zero-order chi connectivity index (χ0) is 11.2. The summed E-state index contributed by atoms with van der Waals surface area (Å²) in [5.41, 5.74) is 0. The molecule has 0 radical (unpaired) electrons. The molecule has 0 spiro atoms. The van der Waals surface area contributed by atoms with Crippen molar-refractivity contribution in [3.63, 3.8) is 0 Å². The van der Waals surface area contributed by atoms with Gasteiger partial charge in [-0.25, -0.2) is 0 Å². The topological polar surface area (TPSA) is 18.5 Å². The van der Waals surface area contributed by atoms with Crippen LogP contribution in [0.4, 0.5) is 0 Å². The minimum absolute atomic E-state index is 0.391. The van der Waals surface area contributed by atoms with E-state index in [0.29, 0.717) is 11.8 Å². The maximum atomic E-state index is 5.66. The summed E-state index contributed by atoms with van der Waals surface area (Å²) in [5, 5.41) is 0. The number of hydrogen-bond donors (Lipinski definition) is 0. The van der Waals surface area contributed by atoms with E-state index in [4.69, 9.17) is 9.47 Å². The van der Waals surface area contributed by atoms with Gasteiger partial charge in [0.1, 0.15) is 0 Å². The maximum absolute atomic E-state index is 5.66. The summed E-state index contributed by atoms with van der Waals surface area (Å²) < 4.78 is 11.3. The SMILES string of the molecule is CCC(C)C(OC)(OC)C(CC)CC. The number of rotatable bonds is 7. The van der Waals surface area contributed by atoms with Crippen molar-refractivity contribution in [3.05, 3.63) is 0 Å². The molecule has 1 atom stereocenters. The molecule has 0 aromatic carbocycles. The van der Waals surface area contributed by atoms with Crippen LogP contribution in [0.3, 0.4) is 0 Å². The Morgan fingerprint density at radius 3 is 1.57 bits per heavy atom. The van der Waals surface area contributed by atoms with Crippen LogP contribution in [-0.4, -0.2) is 20.0 Å². The van der Waals surface area contributed by atoms with Gasteiger partial charge in [-0.2, -0.15) is 0 Å². The molecule has 0 saturated heterocycles. The second kappa shape index (κ2) is 6.41. The molecule has 2 nitrogen and oxygen atoms in total. The normalized spacial score (nSPS) is 14.8. The fourth-order valence-corrected chi connectivity index (χ4v) is 2.36. The molecule has 0 aliphatic rings. The van der Waals surface area contributed by atoms with Crippen LogP contribution < -0.4 is 0 Å². The van der Waals surface area contributed by atoms with Crippen LogP contribution in [0.5, 0.6) is 0 Å². The minimum Gasteiger partial charge on any atom is -0.353 e. The van der Waals surface area contributed by atoms with Gasteiger partial charge in [0.25, 0.3) is 0 Å². The van der Waals surface area contributed by atoms with E-state index in [0.717, 1.165) is 19.3 Å². The third-order valence-corrected chi connectivity index (χ3v) is 3.49. The molecule has 0 aromatic rings. The lowest BCUT2D eigenvalue weighted by Crippen LogP contribution is -2.47. The van der Waals surface area contributed by atoms with Crippen molar-refractivity contribution in [1.29, 1.82) is 0 Å². The van der Waals surface area contributed by atoms with Crippen LogP contribution in [0.25, 0.3) is 0 Å². The molecule has 0 bridgehead atoms. The molecule has 14 heavy (non-hydrogen) atoms. The van der Waals surface area contributed by atoms with Crippen molar-refractivity contribution in [2.75, 3.05) is 14.2 Å². The largest absolute Gasteiger partial charge is 0.353 e. The van der Waals surface area contributed by atoms with Crippen molar-refractivity contribution in [3.8, 4) is 0 Å². The van der Waals surface area contributed by atoms with Crippen LogP contribution in [0, 0.1) is 11.8 Å². The molecule has 0 amide bonds. The Morgan fingerprint density at radius 1 is 0.929 bits per heavy atom. The van der Waals surface area contributed by atoms with Crippen LogP contribution in [-0.2, 0) is 9.47 Å². The quantitative estimate of drug-likeness (QED) is 0.589. The highest BCUT2D eigenvalue weighted by molar-refractivity contribution is 4.82. The minimum atomic E-state index is -0.391. The first-order valence-corrected chi connectivity index (χ1v) is 5.73. The third-order valence-electron chi connectivity index (χ3n) is 3.49. The molecule has 1 unspecified atom stereocenters. The molecule has 0 aliphatic carbocycles. The number of ether oxygens (including phenoxy) is 2. The van der Waals surface area contributed by atoms with E-state index in [9.17, 15) is 0 Å². The van der Waals surface area contributed by atoms with Gasteiger partial charge in [0, 0.05) is 26.1 Å². The molecular formula is C12H26O2. The smallest absolute Gasteiger partial charge is 0.172 e. The molecule has 0 N–H and O–H groups in total. The van der Waals surface area contributed by atoms with Crippen molar-refractivity contribution < 1.29 is 9.47 Å². The molecule has 0 fully saturated rings. The Balaban J connectivity index is 4.83. The van der Waals surface area contributed by atoms with Crippen molar-refractivity contribution >= 4 is 0 Å². The molecular weight excluding hydrogens is 176 g/mol. The molecule has 0 aliphatic heterocycles. The standard InChI is InChI=1S/C12H26O2/c1-7-10(4)12(13-5,14-6)11(8-2)9-3/h10-11H,7-9H2,1-6H3. The van der Waals surface area contributed by atoms with Gasteiger partial charge >= 0.3 is 0 Å². The van der Waals surface area contributed by atoms with E-state index in [1.54, 1.807) is 14.2 Å². The Labute approximate surface area is 89.0 Å². The first kappa shape index (κ1) is 13.9. The van der Waals surface area contributed by atoms with Crippen molar-refractivity contribution in [1.82, 2.24) is 0 Å². The summed E-state index contributed by atoms with van der Waals surface area (Å²) in [7, 11) is 3.52. The fraction of sp³-hybridized carbons (Fsp3) is 1.00. The molecule has 0 aromatic heterocycles. The van der Waals surface area contributed by atoms with Gasteiger partial charge in [0.15, 0.2) is 5.79 Å². The summed E-state index contributed by atoms with van der Waals surface area (Å²) >= 11 is 0. The van der Waals surface area contributed by atoms with E-state index in [2.05, 4.69) is 27.7 Å². The lowest BCUT2D eigenvalue weighted by atomic mass is 9.82. The molecule has 2 heteroatoms. The monoisotopic (exact) mass is 202 g/mol. The predicted molar refractivity (Wildman–Crippen MR) is 60.3 cm³/mol. The van der Waals surface area contributed by atoms with Gasteiger partial charge in [-0.05, 0) is 19.3 Å². The van der Waals surface area contributed by atoms with E-state index in [1.807, 2.05) is 0 Å².